The van der Waals surface area contributed by atoms with Crippen LogP contribution in [0.1, 0.15) is 19.0 Å². The number of terminal acetylenes is 1. The fourth-order valence-electron chi connectivity index (χ4n) is 1.11. The number of anilines is 2. The summed E-state index contributed by atoms with van der Waals surface area (Å²) < 4.78 is 0. The zero-order chi connectivity index (χ0) is 10.6. The first-order chi connectivity index (χ1) is 6.65. The first-order valence-corrected chi connectivity index (χ1v) is 4.49. The molecule has 0 aliphatic carbocycles. The molecule has 0 radical (unpaired) electrons. The largest absolute Gasteiger partial charge is 0.368 e. The van der Waals surface area contributed by atoms with Gasteiger partial charge in [-0.2, -0.15) is 4.98 Å². The second-order valence-corrected chi connectivity index (χ2v) is 3.02. The molecule has 0 aromatic carbocycles. The summed E-state index contributed by atoms with van der Waals surface area (Å²) >= 11 is 0. The van der Waals surface area contributed by atoms with Crippen molar-refractivity contribution >= 4 is 11.8 Å². The molecular formula is C10H14N4. The number of hydrogen-bond donors (Lipinski definition) is 2. The molecule has 1 atom stereocenters. The van der Waals surface area contributed by atoms with Crippen molar-refractivity contribution in [2.24, 2.45) is 0 Å². The van der Waals surface area contributed by atoms with Gasteiger partial charge in [-0.1, -0.05) is 12.8 Å². The Bertz CT molecular complexity index is 333. The van der Waals surface area contributed by atoms with Gasteiger partial charge in [-0.05, 0) is 13.3 Å². The van der Waals surface area contributed by atoms with Gasteiger partial charge >= 0.3 is 0 Å². The van der Waals surface area contributed by atoms with Crippen LogP contribution in [0.25, 0.3) is 0 Å². The predicted octanol–water partition coefficient (Wildman–Crippen LogP) is 1.19. The Morgan fingerprint density at radius 3 is 2.86 bits per heavy atom. The molecule has 3 N–H and O–H groups in total. The second kappa shape index (κ2) is 4.47. The number of nitrogens with zero attached hydrogens (tertiary/aromatic N) is 2. The van der Waals surface area contributed by atoms with Crippen molar-refractivity contribution < 1.29 is 0 Å². The molecule has 0 spiro atoms. The first kappa shape index (κ1) is 10.3. The lowest BCUT2D eigenvalue weighted by Crippen LogP contribution is -2.17. The SMILES string of the molecule is C#CC(CC)Nc1cc(C)nc(N)n1. The van der Waals surface area contributed by atoms with E-state index in [9.17, 15) is 0 Å². The summed E-state index contributed by atoms with van der Waals surface area (Å²) in [4.78, 5) is 8.00. The Labute approximate surface area is 83.9 Å². The molecule has 74 valence electrons. The summed E-state index contributed by atoms with van der Waals surface area (Å²) in [6.45, 7) is 3.87. The second-order valence-electron chi connectivity index (χ2n) is 3.02. The highest BCUT2D eigenvalue weighted by atomic mass is 15.1. The summed E-state index contributed by atoms with van der Waals surface area (Å²) in [5.74, 6) is 3.57. The Kier molecular flexibility index (Phi) is 3.29. The molecule has 0 aliphatic heterocycles. The van der Waals surface area contributed by atoms with Gasteiger partial charge < -0.3 is 11.1 Å². The fourth-order valence-corrected chi connectivity index (χ4v) is 1.11. The van der Waals surface area contributed by atoms with Crippen molar-refractivity contribution in [1.29, 1.82) is 0 Å². The summed E-state index contributed by atoms with van der Waals surface area (Å²) in [6, 6.07) is 1.81. The molecule has 1 unspecified atom stereocenters. The maximum absolute atomic E-state index is 5.50. The van der Waals surface area contributed by atoms with Crippen LogP contribution in [0.3, 0.4) is 0 Å². The molecule has 0 saturated heterocycles. The molecule has 0 aliphatic rings. The van der Waals surface area contributed by atoms with E-state index < -0.39 is 0 Å². The van der Waals surface area contributed by atoms with E-state index >= 15 is 0 Å². The number of rotatable bonds is 3. The van der Waals surface area contributed by atoms with Gasteiger partial charge in [0.15, 0.2) is 0 Å². The highest BCUT2D eigenvalue weighted by molar-refractivity contribution is 5.42. The van der Waals surface area contributed by atoms with Crippen LogP contribution in [0.15, 0.2) is 6.07 Å². The summed E-state index contributed by atoms with van der Waals surface area (Å²) in [7, 11) is 0. The van der Waals surface area contributed by atoms with E-state index in [4.69, 9.17) is 12.2 Å². The number of aromatic nitrogens is 2. The highest BCUT2D eigenvalue weighted by Gasteiger charge is 2.04. The molecule has 0 bridgehead atoms. The van der Waals surface area contributed by atoms with Gasteiger partial charge in [0, 0.05) is 11.8 Å². The van der Waals surface area contributed by atoms with Gasteiger partial charge in [-0.15, -0.1) is 6.42 Å². The molecule has 0 saturated carbocycles. The maximum atomic E-state index is 5.50. The third kappa shape index (κ3) is 2.63. The molecule has 0 amide bonds. The quantitative estimate of drug-likeness (QED) is 0.703. The van der Waals surface area contributed by atoms with E-state index in [-0.39, 0.29) is 12.0 Å². The fraction of sp³-hybridized carbons (Fsp3) is 0.400. The van der Waals surface area contributed by atoms with Crippen molar-refractivity contribution in [1.82, 2.24) is 9.97 Å². The zero-order valence-electron chi connectivity index (χ0n) is 8.41. The lowest BCUT2D eigenvalue weighted by Gasteiger charge is -2.11. The van der Waals surface area contributed by atoms with Crippen LogP contribution >= 0.6 is 0 Å². The van der Waals surface area contributed by atoms with E-state index in [0.29, 0.717) is 5.82 Å². The third-order valence-electron chi connectivity index (χ3n) is 1.80. The van der Waals surface area contributed by atoms with E-state index in [2.05, 4.69) is 21.2 Å². The predicted molar refractivity (Wildman–Crippen MR) is 57.7 cm³/mol. The van der Waals surface area contributed by atoms with Crippen LogP contribution in [0.4, 0.5) is 11.8 Å². The first-order valence-electron chi connectivity index (χ1n) is 4.49. The standard InChI is InChI=1S/C10H14N4/c1-4-8(5-2)13-9-6-7(3)12-10(11)14-9/h1,6,8H,5H2,2-3H3,(H3,11,12,13,14). The Morgan fingerprint density at radius 2 is 2.36 bits per heavy atom. The van der Waals surface area contributed by atoms with Crippen molar-refractivity contribution in [2.45, 2.75) is 26.3 Å². The molecule has 4 heteroatoms. The smallest absolute Gasteiger partial charge is 0.222 e. The van der Waals surface area contributed by atoms with Gasteiger partial charge in [-0.3, -0.25) is 0 Å². The van der Waals surface area contributed by atoms with Crippen LogP contribution in [0.5, 0.6) is 0 Å². The van der Waals surface area contributed by atoms with E-state index in [0.717, 1.165) is 12.1 Å². The van der Waals surface area contributed by atoms with E-state index in [1.807, 2.05) is 19.9 Å². The lowest BCUT2D eigenvalue weighted by atomic mass is 10.2. The average molecular weight is 190 g/mol. The van der Waals surface area contributed by atoms with Gasteiger partial charge in [-0.25, -0.2) is 4.98 Å². The van der Waals surface area contributed by atoms with Crippen molar-refractivity contribution in [3.05, 3.63) is 11.8 Å². The minimum atomic E-state index is -0.0105. The molecule has 14 heavy (non-hydrogen) atoms. The maximum Gasteiger partial charge on any atom is 0.222 e. The van der Waals surface area contributed by atoms with E-state index in [1.165, 1.54) is 0 Å². The van der Waals surface area contributed by atoms with Gasteiger partial charge in [0.2, 0.25) is 5.95 Å². The minimum absolute atomic E-state index is 0.0105. The molecule has 0 fully saturated rings. The van der Waals surface area contributed by atoms with Crippen LogP contribution in [-0.2, 0) is 0 Å². The monoisotopic (exact) mass is 190 g/mol. The highest BCUT2D eigenvalue weighted by Crippen LogP contribution is 2.09. The molecule has 1 aromatic heterocycles. The zero-order valence-corrected chi connectivity index (χ0v) is 8.41. The normalized spacial score (nSPS) is 11.8. The Hall–Kier alpha value is -1.76. The van der Waals surface area contributed by atoms with Crippen LogP contribution < -0.4 is 11.1 Å². The van der Waals surface area contributed by atoms with Crippen LogP contribution in [-0.4, -0.2) is 16.0 Å². The third-order valence-corrected chi connectivity index (χ3v) is 1.80. The number of aryl methyl sites for hydroxylation is 1. The van der Waals surface area contributed by atoms with Gasteiger partial charge in [0.05, 0.1) is 6.04 Å². The van der Waals surface area contributed by atoms with Crippen molar-refractivity contribution in [3.8, 4) is 12.3 Å². The minimum Gasteiger partial charge on any atom is -0.368 e. The van der Waals surface area contributed by atoms with Crippen molar-refractivity contribution in [2.75, 3.05) is 11.1 Å². The molecular weight excluding hydrogens is 176 g/mol. The Balaban J connectivity index is 2.82. The molecule has 1 rings (SSSR count). The topological polar surface area (TPSA) is 63.8 Å². The summed E-state index contributed by atoms with van der Waals surface area (Å²) in [5, 5.41) is 3.09. The number of nitrogen functional groups attached to an aromatic ring is 1. The molecule has 1 aromatic rings. The number of hydrogen-bond acceptors (Lipinski definition) is 4. The molecule has 1 heterocycles. The van der Waals surface area contributed by atoms with Crippen molar-refractivity contribution in [3.63, 3.8) is 0 Å². The number of nitrogens with two attached hydrogens (primary N) is 1. The summed E-state index contributed by atoms with van der Waals surface area (Å²) in [6.07, 6.45) is 6.17. The van der Waals surface area contributed by atoms with Gasteiger partial charge in [0.25, 0.3) is 0 Å². The lowest BCUT2D eigenvalue weighted by molar-refractivity contribution is 0.849. The van der Waals surface area contributed by atoms with Crippen LogP contribution in [0.2, 0.25) is 0 Å². The Morgan fingerprint density at radius 1 is 1.64 bits per heavy atom. The van der Waals surface area contributed by atoms with E-state index in [1.54, 1.807) is 0 Å². The van der Waals surface area contributed by atoms with Gasteiger partial charge in [0.1, 0.15) is 5.82 Å². The number of nitrogens with one attached hydrogen (secondary N) is 1. The average Bonchev–Trinajstić information content (AvgIpc) is 2.12. The van der Waals surface area contributed by atoms with Crippen LogP contribution in [0, 0.1) is 19.3 Å². The summed E-state index contributed by atoms with van der Waals surface area (Å²) in [5.41, 5.74) is 6.33. The molecule has 4 nitrogen and oxygen atoms in total.